The van der Waals surface area contributed by atoms with Crippen LogP contribution in [0.1, 0.15) is 11.3 Å². The molecule has 0 aliphatic carbocycles. The standard InChI is InChI=1S/C16H12ClN5O3S/c17-11-4-2-1-3-9(11)5-15(23)20-10-6-12-16(13(8-18)22-21-12)14(7-10)26(19,24)25/h1-4,6-7H,5H2,(H,20,23)(H,21,22)(H2,19,24,25). The minimum absolute atomic E-state index is 0.00877. The monoisotopic (exact) mass is 389 g/mol. The second kappa shape index (κ2) is 6.76. The maximum atomic E-state index is 12.3. The van der Waals surface area contributed by atoms with Crippen molar-refractivity contribution in [2.24, 2.45) is 5.14 Å². The highest BCUT2D eigenvalue weighted by atomic mass is 35.5. The van der Waals surface area contributed by atoms with E-state index in [1.807, 2.05) is 0 Å². The molecule has 26 heavy (non-hydrogen) atoms. The summed E-state index contributed by atoms with van der Waals surface area (Å²) in [5.74, 6) is -0.391. The summed E-state index contributed by atoms with van der Waals surface area (Å²) in [6, 6.07) is 11.4. The number of carbonyl (C=O) groups excluding carboxylic acids is 1. The topological polar surface area (TPSA) is 142 Å². The van der Waals surface area contributed by atoms with Gasteiger partial charge in [0, 0.05) is 10.7 Å². The Balaban J connectivity index is 1.98. The van der Waals surface area contributed by atoms with Crippen LogP contribution in [-0.4, -0.2) is 24.5 Å². The smallest absolute Gasteiger partial charge is 0.238 e. The average Bonchev–Trinajstić information content (AvgIpc) is 2.98. The quantitative estimate of drug-likeness (QED) is 0.624. The van der Waals surface area contributed by atoms with E-state index in [4.69, 9.17) is 22.0 Å². The molecule has 0 saturated carbocycles. The summed E-state index contributed by atoms with van der Waals surface area (Å²) >= 11 is 6.03. The van der Waals surface area contributed by atoms with Gasteiger partial charge in [-0.05, 0) is 23.8 Å². The summed E-state index contributed by atoms with van der Waals surface area (Å²) in [4.78, 5) is 12.0. The van der Waals surface area contributed by atoms with Crippen molar-refractivity contribution in [3.05, 3.63) is 52.7 Å². The maximum absolute atomic E-state index is 12.3. The predicted octanol–water partition coefficient (Wildman–Crippen LogP) is 1.92. The number of primary sulfonamides is 1. The molecule has 0 saturated heterocycles. The Morgan fingerprint density at radius 2 is 2.08 bits per heavy atom. The number of nitrogens with zero attached hydrogens (tertiary/aromatic N) is 2. The fourth-order valence-corrected chi connectivity index (χ4v) is 3.50. The lowest BCUT2D eigenvalue weighted by atomic mass is 10.1. The molecule has 3 rings (SSSR count). The normalized spacial score (nSPS) is 11.3. The van der Waals surface area contributed by atoms with E-state index in [0.29, 0.717) is 10.6 Å². The van der Waals surface area contributed by atoms with Gasteiger partial charge in [0.25, 0.3) is 0 Å². The largest absolute Gasteiger partial charge is 0.326 e. The highest BCUT2D eigenvalue weighted by Crippen LogP contribution is 2.28. The Morgan fingerprint density at radius 1 is 1.35 bits per heavy atom. The van der Waals surface area contributed by atoms with Gasteiger partial charge in [-0.2, -0.15) is 10.4 Å². The zero-order chi connectivity index (χ0) is 18.9. The lowest BCUT2D eigenvalue weighted by Gasteiger charge is -2.09. The van der Waals surface area contributed by atoms with E-state index in [-0.39, 0.29) is 33.6 Å². The number of hydrogen-bond acceptors (Lipinski definition) is 5. The van der Waals surface area contributed by atoms with Crippen LogP contribution in [0.5, 0.6) is 0 Å². The summed E-state index contributed by atoms with van der Waals surface area (Å²) < 4.78 is 23.8. The number of H-pyrrole nitrogens is 1. The SMILES string of the molecule is N#Cc1n[nH]c2cc(NC(=O)Cc3ccccc3Cl)cc(S(N)(=O)=O)c12. The molecule has 0 aliphatic rings. The number of sulfonamides is 1. The Bertz CT molecular complexity index is 1160. The van der Waals surface area contributed by atoms with E-state index in [1.54, 1.807) is 30.3 Å². The number of carbonyl (C=O) groups is 1. The molecule has 132 valence electrons. The van der Waals surface area contributed by atoms with Crippen molar-refractivity contribution in [3.8, 4) is 6.07 Å². The first-order chi connectivity index (χ1) is 12.3. The molecule has 0 aliphatic heterocycles. The molecule has 3 aromatic rings. The van der Waals surface area contributed by atoms with Crippen LogP contribution in [-0.2, 0) is 21.2 Å². The van der Waals surface area contributed by atoms with Crippen LogP contribution in [0.25, 0.3) is 10.9 Å². The lowest BCUT2D eigenvalue weighted by Crippen LogP contribution is -2.17. The van der Waals surface area contributed by atoms with Crippen LogP contribution in [0.2, 0.25) is 5.02 Å². The zero-order valence-electron chi connectivity index (χ0n) is 13.2. The molecule has 0 atom stereocenters. The molecular weight excluding hydrogens is 378 g/mol. The number of rotatable bonds is 4. The molecule has 0 bridgehead atoms. The molecule has 10 heteroatoms. The number of nitrogens with two attached hydrogens (primary N) is 1. The molecule has 0 radical (unpaired) electrons. The van der Waals surface area contributed by atoms with Crippen LogP contribution in [0.15, 0.2) is 41.3 Å². The molecule has 4 N–H and O–H groups in total. The maximum Gasteiger partial charge on any atom is 0.238 e. The number of aromatic amines is 1. The zero-order valence-corrected chi connectivity index (χ0v) is 14.7. The highest BCUT2D eigenvalue weighted by Gasteiger charge is 2.20. The van der Waals surface area contributed by atoms with E-state index in [9.17, 15) is 13.2 Å². The van der Waals surface area contributed by atoms with Crippen LogP contribution in [0, 0.1) is 11.3 Å². The summed E-state index contributed by atoms with van der Waals surface area (Å²) in [5.41, 5.74) is 0.999. The minimum Gasteiger partial charge on any atom is -0.326 e. The summed E-state index contributed by atoms with van der Waals surface area (Å²) in [7, 11) is -4.14. The number of halogens is 1. The Labute approximate surface area is 153 Å². The molecule has 0 unspecified atom stereocenters. The van der Waals surface area contributed by atoms with E-state index in [1.165, 1.54) is 12.1 Å². The van der Waals surface area contributed by atoms with Gasteiger partial charge in [-0.3, -0.25) is 9.89 Å². The molecule has 0 spiro atoms. The second-order valence-electron chi connectivity index (χ2n) is 5.44. The van der Waals surface area contributed by atoms with E-state index in [2.05, 4.69) is 15.5 Å². The fourth-order valence-electron chi connectivity index (χ4n) is 2.52. The molecular formula is C16H12ClN5O3S. The third kappa shape index (κ3) is 3.52. The third-order valence-corrected chi connectivity index (χ3v) is 4.94. The number of nitriles is 1. The van der Waals surface area contributed by atoms with Gasteiger partial charge in [0.15, 0.2) is 5.69 Å². The number of hydrogen-bond donors (Lipinski definition) is 3. The van der Waals surface area contributed by atoms with Crippen molar-refractivity contribution in [1.82, 2.24) is 10.2 Å². The molecule has 1 amide bonds. The van der Waals surface area contributed by atoms with Gasteiger partial charge < -0.3 is 5.32 Å². The van der Waals surface area contributed by atoms with Gasteiger partial charge in [0.05, 0.1) is 22.2 Å². The van der Waals surface area contributed by atoms with Gasteiger partial charge in [0.1, 0.15) is 6.07 Å². The lowest BCUT2D eigenvalue weighted by molar-refractivity contribution is -0.115. The second-order valence-corrected chi connectivity index (χ2v) is 7.38. The molecule has 1 heterocycles. The van der Waals surface area contributed by atoms with Crippen molar-refractivity contribution in [3.63, 3.8) is 0 Å². The molecule has 0 fully saturated rings. The Hall–Kier alpha value is -2.93. The van der Waals surface area contributed by atoms with Crippen LogP contribution in [0.4, 0.5) is 5.69 Å². The van der Waals surface area contributed by atoms with Gasteiger partial charge in [-0.1, -0.05) is 29.8 Å². The van der Waals surface area contributed by atoms with E-state index < -0.39 is 15.9 Å². The Kier molecular flexibility index (Phi) is 4.65. The molecule has 2 aromatic carbocycles. The fraction of sp³-hybridized carbons (Fsp3) is 0.0625. The number of fused-ring (bicyclic) bond motifs is 1. The van der Waals surface area contributed by atoms with Crippen LogP contribution in [0.3, 0.4) is 0 Å². The van der Waals surface area contributed by atoms with Crippen molar-refractivity contribution in [2.45, 2.75) is 11.3 Å². The first kappa shape index (κ1) is 17.9. The number of amides is 1. The summed E-state index contributed by atoms with van der Waals surface area (Å²) in [6.45, 7) is 0. The van der Waals surface area contributed by atoms with E-state index >= 15 is 0 Å². The van der Waals surface area contributed by atoms with Crippen molar-refractivity contribution >= 4 is 44.1 Å². The van der Waals surface area contributed by atoms with Crippen LogP contribution < -0.4 is 10.5 Å². The number of benzene rings is 2. The first-order valence-corrected chi connectivity index (χ1v) is 9.20. The number of nitrogens with one attached hydrogen (secondary N) is 2. The summed E-state index contributed by atoms with van der Waals surface area (Å²) in [5, 5.41) is 23.8. The molecule has 8 nitrogen and oxygen atoms in total. The highest BCUT2D eigenvalue weighted by molar-refractivity contribution is 7.89. The van der Waals surface area contributed by atoms with Crippen molar-refractivity contribution in [2.75, 3.05) is 5.32 Å². The number of aromatic nitrogens is 2. The van der Waals surface area contributed by atoms with Gasteiger partial charge in [-0.25, -0.2) is 13.6 Å². The first-order valence-electron chi connectivity index (χ1n) is 7.28. The van der Waals surface area contributed by atoms with Gasteiger partial charge in [-0.15, -0.1) is 0 Å². The predicted molar refractivity (Wildman–Crippen MR) is 96.0 cm³/mol. The summed E-state index contributed by atoms with van der Waals surface area (Å²) in [6.07, 6.45) is 0.00877. The van der Waals surface area contributed by atoms with Crippen molar-refractivity contribution < 1.29 is 13.2 Å². The molecule has 1 aromatic heterocycles. The van der Waals surface area contributed by atoms with Gasteiger partial charge >= 0.3 is 0 Å². The number of anilines is 1. The van der Waals surface area contributed by atoms with Crippen molar-refractivity contribution in [1.29, 1.82) is 5.26 Å². The third-order valence-electron chi connectivity index (χ3n) is 3.63. The van der Waals surface area contributed by atoms with Gasteiger partial charge in [0.2, 0.25) is 15.9 Å². The average molecular weight is 390 g/mol. The van der Waals surface area contributed by atoms with Crippen LogP contribution >= 0.6 is 11.6 Å². The minimum atomic E-state index is -4.14. The Morgan fingerprint density at radius 3 is 2.73 bits per heavy atom. The van der Waals surface area contributed by atoms with E-state index in [0.717, 1.165) is 0 Å².